The van der Waals surface area contributed by atoms with Gasteiger partial charge in [0.25, 0.3) is 0 Å². The minimum atomic E-state index is -0.764. The van der Waals surface area contributed by atoms with Gasteiger partial charge in [0.15, 0.2) is 0 Å². The monoisotopic (exact) mass is 1050 g/mol. The molecule has 0 aromatic heterocycles. The zero-order valence-corrected chi connectivity index (χ0v) is 44.5. The van der Waals surface area contributed by atoms with Crippen molar-refractivity contribution in [1.82, 2.24) is 0 Å². The summed E-state index contributed by atoms with van der Waals surface area (Å²) in [5.41, 5.74) is 2.53. The summed E-state index contributed by atoms with van der Waals surface area (Å²) in [5.74, 6) is 0.612. The Bertz CT molecular complexity index is 2100. The number of hydrogen-bond donors (Lipinski definition) is 0. The normalized spacial score (nSPS) is 14.1. The van der Waals surface area contributed by atoms with Crippen molar-refractivity contribution in [3.05, 3.63) is 145 Å². The molecule has 0 N–H and O–H groups in total. The van der Waals surface area contributed by atoms with Gasteiger partial charge >= 0.3 is 23.9 Å². The zero-order valence-electron chi connectivity index (χ0n) is 44.5. The molecule has 412 valence electrons. The maximum Gasteiger partial charge on any atom is 0.343 e. The van der Waals surface area contributed by atoms with Gasteiger partial charge in [-0.05, 0) is 110 Å². The van der Waals surface area contributed by atoms with Gasteiger partial charge in [0, 0.05) is 12.2 Å². The molecule has 1 heterocycles. The maximum absolute atomic E-state index is 12.9. The second-order valence-corrected chi connectivity index (χ2v) is 18.7. The summed E-state index contributed by atoms with van der Waals surface area (Å²) >= 11 is 0. The van der Waals surface area contributed by atoms with Gasteiger partial charge < -0.3 is 47.4 Å². The standard InChI is InChI=1S/C62H80O14/c1-3-57(63)69-43-23-19-15-11-7-5-9-13-17-21-41-67-53-37-29-51(30-38-53)59(65)75-55-33-25-49(26-34-55)47-73-61-62(72-46-45-71-61)74-48-50-27-35-56(36-28-50)76-60(66)52-31-39-54(40-32-52)68-42-22-18-14-10-6-8-12-16-20-24-44-70-58(64)4-2/h3-4,25-40,61-62H,1-2,5-24,41-48H2/t61-,62-/m0/s1. The molecule has 14 nitrogen and oxygen atoms in total. The second-order valence-electron chi connectivity index (χ2n) is 18.7. The summed E-state index contributed by atoms with van der Waals surface area (Å²) in [6, 6.07) is 28.1. The largest absolute Gasteiger partial charge is 0.494 e. The van der Waals surface area contributed by atoms with Crippen molar-refractivity contribution in [1.29, 1.82) is 0 Å². The van der Waals surface area contributed by atoms with Crippen LogP contribution in [0, 0.1) is 0 Å². The lowest BCUT2D eigenvalue weighted by Gasteiger charge is -2.31. The average Bonchev–Trinajstić information content (AvgIpc) is 3.45. The summed E-state index contributed by atoms with van der Waals surface area (Å²) in [4.78, 5) is 47.9. The van der Waals surface area contributed by atoms with Gasteiger partial charge in [-0.15, -0.1) is 0 Å². The van der Waals surface area contributed by atoms with Gasteiger partial charge in [-0.2, -0.15) is 0 Å². The van der Waals surface area contributed by atoms with E-state index in [1.165, 1.54) is 89.2 Å². The van der Waals surface area contributed by atoms with E-state index in [1.807, 2.05) is 24.3 Å². The van der Waals surface area contributed by atoms with Crippen molar-refractivity contribution < 1.29 is 66.5 Å². The van der Waals surface area contributed by atoms with Crippen molar-refractivity contribution in [3.63, 3.8) is 0 Å². The van der Waals surface area contributed by atoms with Gasteiger partial charge in [0.2, 0.25) is 12.6 Å². The highest BCUT2D eigenvalue weighted by molar-refractivity contribution is 5.91. The molecule has 0 radical (unpaired) electrons. The Morgan fingerprint density at radius 3 is 1.00 bits per heavy atom. The average molecular weight is 1050 g/mol. The highest BCUT2D eigenvalue weighted by atomic mass is 16.8. The van der Waals surface area contributed by atoms with Crippen molar-refractivity contribution in [3.8, 4) is 23.0 Å². The van der Waals surface area contributed by atoms with Crippen molar-refractivity contribution in [2.75, 3.05) is 39.6 Å². The molecule has 14 heteroatoms. The highest BCUT2D eigenvalue weighted by Gasteiger charge is 2.29. The molecule has 0 unspecified atom stereocenters. The molecule has 0 aliphatic carbocycles. The summed E-state index contributed by atoms with van der Waals surface area (Å²) in [6.45, 7) is 10.1. The molecule has 4 aromatic rings. The Balaban J connectivity index is 0.885. The van der Waals surface area contributed by atoms with Gasteiger partial charge in [-0.25, -0.2) is 19.2 Å². The van der Waals surface area contributed by atoms with E-state index in [0.717, 1.165) is 62.5 Å². The van der Waals surface area contributed by atoms with E-state index >= 15 is 0 Å². The number of ether oxygens (including phenoxy) is 10. The first-order valence-electron chi connectivity index (χ1n) is 27.4. The molecule has 76 heavy (non-hydrogen) atoms. The first-order chi connectivity index (χ1) is 37.3. The summed E-state index contributed by atoms with van der Waals surface area (Å²) in [5, 5.41) is 0. The molecular formula is C62H80O14. The van der Waals surface area contributed by atoms with E-state index in [-0.39, 0.29) is 25.2 Å². The third-order valence-corrected chi connectivity index (χ3v) is 12.6. The third-order valence-electron chi connectivity index (χ3n) is 12.6. The molecule has 1 aliphatic heterocycles. The second kappa shape index (κ2) is 37.4. The molecule has 5 rings (SSSR count). The highest BCUT2D eigenvalue weighted by Crippen LogP contribution is 2.23. The van der Waals surface area contributed by atoms with Crippen LogP contribution in [0.1, 0.15) is 160 Å². The minimum Gasteiger partial charge on any atom is -0.494 e. The fraction of sp³-hybridized carbons (Fsp3) is 0.484. The Morgan fingerprint density at radius 2 is 0.684 bits per heavy atom. The van der Waals surface area contributed by atoms with E-state index in [9.17, 15) is 19.2 Å². The number of carbonyl (C=O) groups excluding carboxylic acids is 4. The third kappa shape index (κ3) is 25.5. The van der Waals surface area contributed by atoms with Crippen molar-refractivity contribution in [2.24, 2.45) is 0 Å². The number of esters is 4. The molecule has 0 spiro atoms. The van der Waals surface area contributed by atoms with Crippen LogP contribution in [-0.4, -0.2) is 76.1 Å². The molecule has 0 amide bonds. The van der Waals surface area contributed by atoms with Crippen molar-refractivity contribution in [2.45, 2.75) is 154 Å². The van der Waals surface area contributed by atoms with Gasteiger partial charge in [0.1, 0.15) is 23.0 Å². The van der Waals surface area contributed by atoms with Crippen LogP contribution in [0.2, 0.25) is 0 Å². The lowest BCUT2D eigenvalue weighted by Crippen LogP contribution is -2.41. The topological polar surface area (TPSA) is 161 Å². The van der Waals surface area contributed by atoms with E-state index in [1.54, 1.807) is 72.8 Å². The van der Waals surface area contributed by atoms with Crippen LogP contribution >= 0.6 is 0 Å². The first-order valence-corrected chi connectivity index (χ1v) is 27.4. The molecule has 0 bridgehead atoms. The maximum atomic E-state index is 12.9. The first kappa shape index (κ1) is 60.5. The van der Waals surface area contributed by atoms with Crippen LogP contribution in [0.3, 0.4) is 0 Å². The van der Waals surface area contributed by atoms with Crippen LogP contribution in [0.15, 0.2) is 122 Å². The van der Waals surface area contributed by atoms with Crippen LogP contribution in [-0.2, 0) is 51.2 Å². The van der Waals surface area contributed by atoms with E-state index in [2.05, 4.69) is 13.2 Å². The quantitative estimate of drug-likeness (QED) is 0.0179. The van der Waals surface area contributed by atoms with E-state index in [0.29, 0.717) is 73.8 Å². The molecule has 1 fully saturated rings. The van der Waals surface area contributed by atoms with E-state index in [4.69, 9.17) is 47.4 Å². The summed E-state index contributed by atoms with van der Waals surface area (Å²) in [7, 11) is 0. The number of carbonyl (C=O) groups is 4. The van der Waals surface area contributed by atoms with Crippen LogP contribution < -0.4 is 18.9 Å². The number of rotatable bonds is 40. The Morgan fingerprint density at radius 1 is 0.395 bits per heavy atom. The number of unbranched alkanes of at least 4 members (excludes halogenated alkanes) is 18. The van der Waals surface area contributed by atoms with Crippen LogP contribution in [0.5, 0.6) is 23.0 Å². The lowest BCUT2D eigenvalue weighted by molar-refractivity contribution is -0.326. The van der Waals surface area contributed by atoms with Crippen LogP contribution in [0.4, 0.5) is 0 Å². The van der Waals surface area contributed by atoms with Gasteiger partial charge in [0.05, 0.1) is 64.0 Å². The van der Waals surface area contributed by atoms with Crippen molar-refractivity contribution >= 4 is 23.9 Å². The Labute approximate surface area is 450 Å². The molecular weight excluding hydrogens is 969 g/mol. The predicted molar refractivity (Wildman–Crippen MR) is 290 cm³/mol. The lowest BCUT2D eigenvalue weighted by atomic mass is 10.1. The fourth-order valence-electron chi connectivity index (χ4n) is 8.19. The molecule has 2 atom stereocenters. The number of benzene rings is 4. The van der Waals surface area contributed by atoms with Gasteiger partial charge in [-0.3, -0.25) is 0 Å². The fourth-order valence-corrected chi connectivity index (χ4v) is 8.19. The summed E-state index contributed by atoms with van der Waals surface area (Å²) < 4.78 is 56.8. The minimum absolute atomic E-state index is 0.212. The molecule has 1 saturated heterocycles. The molecule has 1 aliphatic rings. The van der Waals surface area contributed by atoms with Gasteiger partial charge in [-0.1, -0.05) is 140 Å². The molecule has 4 aromatic carbocycles. The van der Waals surface area contributed by atoms with Crippen LogP contribution in [0.25, 0.3) is 0 Å². The smallest absolute Gasteiger partial charge is 0.343 e. The van der Waals surface area contributed by atoms with E-state index < -0.39 is 24.5 Å². The predicted octanol–water partition coefficient (Wildman–Crippen LogP) is 13.6. The Kier molecular flexibility index (Phi) is 29.8. The summed E-state index contributed by atoms with van der Waals surface area (Å²) in [6.07, 6.45) is 23.5. The SMILES string of the molecule is C=CC(=O)OCCCCCCCCCCCCOc1ccc(C(=O)Oc2ccc(CO[C@@H]3OCCO[C@H]3OCc3ccc(OC(=O)c4ccc(OCCCCCCCCCCCCOC(=O)C=C)cc4)cc3)cc2)cc1. The zero-order chi connectivity index (χ0) is 53.7. The number of hydrogen-bond acceptors (Lipinski definition) is 14. The molecule has 0 saturated carbocycles. The Hall–Kier alpha value is -6.32.